The molecule has 1 aliphatic carbocycles. The van der Waals surface area contributed by atoms with Crippen LogP contribution in [0, 0.1) is 19.3 Å². The topological polar surface area (TPSA) is 70.2 Å². The Bertz CT molecular complexity index is 686. The molecule has 1 unspecified atom stereocenters. The minimum absolute atomic E-state index is 0. The van der Waals surface area contributed by atoms with Crippen LogP contribution in [0.3, 0.4) is 0 Å². The first kappa shape index (κ1) is 23.0. The van der Waals surface area contributed by atoms with Gasteiger partial charge in [-0.3, -0.25) is 9.59 Å². The third-order valence-corrected chi connectivity index (χ3v) is 6.99. The highest BCUT2D eigenvalue weighted by Crippen LogP contribution is 2.38. The van der Waals surface area contributed by atoms with Crippen LogP contribution >= 0.6 is 24.2 Å². The molecule has 0 spiro atoms. The van der Waals surface area contributed by atoms with Gasteiger partial charge in [0.2, 0.25) is 11.8 Å². The van der Waals surface area contributed by atoms with Gasteiger partial charge in [-0.15, -0.1) is 12.4 Å². The summed E-state index contributed by atoms with van der Waals surface area (Å²) in [6, 6.07) is 6.24. The van der Waals surface area contributed by atoms with Crippen molar-refractivity contribution in [3.63, 3.8) is 0 Å². The molecule has 1 atom stereocenters. The monoisotopic (exact) mass is 425 g/mol. The number of halogens is 1. The van der Waals surface area contributed by atoms with Crippen LogP contribution < -0.4 is 16.0 Å². The third kappa shape index (κ3) is 5.88. The number of aryl methyl sites for hydroxylation is 2. The van der Waals surface area contributed by atoms with E-state index in [0.29, 0.717) is 13.0 Å². The van der Waals surface area contributed by atoms with E-state index >= 15 is 0 Å². The summed E-state index contributed by atoms with van der Waals surface area (Å²) in [5.74, 6) is 2.17. The molecule has 2 fully saturated rings. The lowest BCUT2D eigenvalue weighted by Gasteiger charge is -2.29. The maximum atomic E-state index is 13.1. The lowest BCUT2D eigenvalue weighted by molar-refractivity contribution is -0.126. The first-order valence-corrected chi connectivity index (χ1v) is 11.1. The molecule has 7 heteroatoms. The SMILES string of the molecule is Cc1ccc(NC(=O)C2(CNC(=O)CC3CSCCN3)CCCC2)cc1C.Cl. The van der Waals surface area contributed by atoms with Crippen LogP contribution in [0.2, 0.25) is 0 Å². The Balaban J connectivity index is 0.00000280. The van der Waals surface area contributed by atoms with Crippen molar-refractivity contribution in [1.29, 1.82) is 0 Å². The summed E-state index contributed by atoms with van der Waals surface area (Å²) in [5, 5.41) is 9.53. The van der Waals surface area contributed by atoms with Crippen LogP contribution in [0.1, 0.15) is 43.2 Å². The number of nitrogens with one attached hydrogen (secondary N) is 3. The number of anilines is 1. The number of carbonyl (C=O) groups is 2. The van der Waals surface area contributed by atoms with E-state index in [1.165, 1.54) is 11.1 Å². The average Bonchev–Trinajstić information content (AvgIpc) is 3.14. The van der Waals surface area contributed by atoms with Gasteiger partial charge in [0.25, 0.3) is 0 Å². The van der Waals surface area contributed by atoms with Gasteiger partial charge in [-0.05, 0) is 49.9 Å². The molecule has 3 N–H and O–H groups in total. The van der Waals surface area contributed by atoms with Crippen molar-refractivity contribution >= 4 is 41.7 Å². The minimum Gasteiger partial charge on any atom is -0.355 e. The number of benzene rings is 1. The van der Waals surface area contributed by atoms with Crippen molar-refractivity contribution < 1.29 is 9.59 Å². The smallest absolute Gasteiger partial charge is 0.232 e. The largest absolute Gasteiger partial charge is 0.355 e. The van der Waals surface area contributed by atoms with Crippen LogP contribution in [0.5, 0.6) is 0 Å². The molecule has 2 amide bonds. The second-order valence-electron chi connectivity index (χ2n) is 7.95. The van der Waals surface area contributed by atoms with Gasteiger partial charge in [-0.25, -0.2) is 0 Å². The zero-order valence-corrected chi connectivity index (χ0v) is 18.4. The second-order valence-corrected chi connectivity index (χ2v) is 9.10. The van der Waals surface area contributed by atoms with Crippen LogP contribution in [0.4, 0.5) is 5.69 Å². The summed E-state index contributed by atoms with van der Waals surface area (Å²) in [6.45, 7) is 5.51. The van der Waals surface area contributed by atoms with Gasteiger partial charge < -0.3 is 16.0 Å². The zero-order chi connectivity index (χ0) is 19.3. The summed E-state index contributed by atoms with van der Waals surface area (Å²) >= 11 is 1.89. The number of hydrogen-bond donors (Lipinski definition) is 3. The maximum Gasteiger partial charge on any atom is 0.232 e. The summed E-state index contributed by atoms with van der Waals surface area (Å²) in [5.41, 5.74) is 2.73. The molecule has 1 aromatic carbocycles. The molecule has 0 radical (unpaired) electrons. The number of thioether (sulfide) groups is 1. The van der Waals surface area contributed by atoms with Gasteiger partial charge in [-0.2, -0.15) is 11.8 Å². The number of hydrogen-bond acceptors (Lipinski definition) is 4. The van der Waals surface area contributed by atoms with Crippen LogP contribution in [0.15, 0.2) is 18.2 Å². The highest BCUT2D eigenvalue weighted by Gasteiger charge is 2.41. The van der Waals surface area contributed by atoms with Gasteiger partial charge in [0.05, 0.1) is 5.41 Å². The van der Waals surface area contributed by atoms with Crippen LogP contribution in [-0.2, 0) is 9.59 Å². The first-order valence-electron chi connectivity index (χ1n) is 9.95. The van der Waals surface area contributed by atoms with Gasteiger partial charge in [0, 0.05) is 42.7 Å². The van der Waals surface area contributed by atoms with Crippen molar-refractivity contribution in [3.05, 3.63) is 29.3 Å². The third-order valence-electron chi connectivity index (χ3n) is 5.86. The molecule has 2 aliphatic rings. The molecule has 3 rings (SSSR count). The van der Waals surface area contributed by atoms with E-state index in [9.17, 15) is 9.59 Å². The molecule has 1 saturated heterocycles. The Labute approximate surface area is 178 Å². The van der Waals surface area contributed by atoms with E-state index in [2.05, 4.69) is 22.9 Å². The Morgan fingerprint density at radius 2 is 1.96 bits per heavy atom. The average molecular weight is 426 g/mol. The molecular formula is C21H32ClN3O2S. The molecule has 5 nitrogen and oxygen atoms in total. The van der Waals surface area contributed by atoms with E-state index in [1.807, 2.05) is 36.9 Å². The maximum absolute atomic E-state index is 13.1. The zero-order valence-electron chi connectivity index (χ0n) is 16.8. The van der Waals surface area contributed by atoms with Gasteiger partial charge in [-0.1, -0.05) is 18.9 Å². The lowest BCUT2D eigenvalue weighted by atomic mass is 9.84. The van der Waals surface area contributed by atoms with Gasteiger partial charge in [0.1, 0.15) is 0 Å². The fraction of sp³-hybridized carbons (Fsp3) is 0.619. The number of amides is 2. The number of rotatable bonds is 6. The molecular weight excluding hydrogens is 394 g/mol. The lowest BCUT2D eigenvalue weighted by Crippen LogP contribution is -2.46. The Morgan fingerprint density at radius 1 is 1.21 bits per heavy atom. The summed E-state index contributed by atoms with van der Waals surface area (Å²) in [7, 11) is 0. The standard InChI is InChI=1S/C21H31N3O2S.ClH/c1-15-5-6-17(11-16(15)2)24-20(26)21(7-3-4-8-21)14-23-19(25)12-18-13-27-10-9-22-18;/h5-6,11,18,22H,3-4,7-10,12-14H2,1-2H3,(H,23,25)(H,24,26);1H. The normalized spacial score (nSPS) is 20.9. The molecule has 1 aromatic rings. The molecule has 156 valence electrons. The van der Waals surface area contributed by atoms with E-state index in [1.54, 1.807) is 0 Å². The van der Waals surface area contributed by atoms with Crippen molar-refractivity contribution in [2.75, 3.05) is 29.9 Å². The Hall–Kier alpha value is -1.24. The molecule has 1 heterocycles. The van der Waals surface area contributed by atoms with Crippen molar-refractivity contribution in [1.82, 2.24) is 10.6 Å². The highest BCUT2D eigenvalue weighted by atomic mass is 35.5. The van der Waals surface area contributed by atoms with E-state index in [4.69, 9.17) is 0 Å². The predicted molar refractivity (Wildman–Crippen MR) is 119 cm³/mol. The molecule has 0 bridgehead atoms. The predicted octanol–water partition coefficient (Wildman–Crippen LogP) is 3.44. The summed E-state index contributed by atoms with van der Waals surface area (Å²) < 4.78 is 0. The van der Waals surface area contributed by atoms with Crippen molar-refractivity contribution in [3.8, 4) is 0 Å². The van der Waals surface area contributed by atoms with E-state index in [0.717, 1.165) is 49.4 Å². The second kappa shape index (κ2) is 10.5. The fourth-order valence-corrected chi connectivity index (χ4v) is 4.88. The van der Waals surface area contributed by atoms with Gasteiger partial charge in [0.15, 0.2) is 0 Å². The minimum atomic E-state index is -0.483. The molecule has 28 heavy (non-hydrogen) atoms. The Morgan fingerprint density at radius 3 is 2.61 bits per heavy atom. The quantitative estimate of drug-likeness (QED) is 0.653. The first-order chi connectivity index (χ1) is 13.0. The van der Waals surface area contributed by atoms with E-state index < -0.39 is 5.41 Å². The van der Waals surface area contributed by atoms with Gasteiger partial charge >= 0.3 is 0 Å². The Kier molecular flexibility index (Phi) is 8.65. The fourth-order valence-electron chi connectivity index (χ4n) is 3.93. The molecule has 1 aliphatic heterocycles. The van der Waals surface area contributed by atoms with Crippen LogP contribution in [0.25, 0.3) is 0 Å². The summed E-state index contributed by atoms with van der Waals surface area (Å²) in [4.78, 5) is 25.4. The van der Waals surface area contributed by atoms with Crippen molar-refractivity contribution in [2.45, 2.75) is 52.0 Å². The van der Waals surface area contributed by atoms with Crippen molar-refractivity contribution in [2.24, 2.45) is 5.41 Å². The van der Waals surface area contributed by atoms with Crippen LogP contribution in [-0.4, -0.2) is 42.5 Å². The highest BCUT2D eigenvalue weighted by molar-refractivity contribution is 7.99. The molecule has 0 aromatic heterocycles. The summed E-state index contributed by atoms with van der Waals surface area (Å²) in [6.07, 6.45) is 4.24. The molecule has 1 saturated carbocycles. The number of carbonyl (C=O) groups excluding carboxylic acids is 2. The van der Waals surface area contributed by atoms with E-state index in [-0.39, 0.29) is 30.3 Å².